The molecule has 0 bridgehead atoms. The molecule has 0 amide bonds. The van der Waals surface area contributed by atoms with Crippen LogP contribution in [0.3, 0.4) is 0 Å². The van der Waals surface area contributed by atoms with E-state index in [0.717, 1.165) is 11.1 Å². The Labute approximate surface area is 121 Å². The van der Waals surface area contributed by atoms with Crippen LogP contribution in [-0.2, 0) is 0 Å². The first-order valence-electron chi connectivity index (χ1n) is 6.23. The lowest BCUT2D eigenvalue weighted by Crippen LogP contribution is -2.13. The Balaban J connectivity index is 1.93. The highest BCUT2D eigenvalue weighted by atomic mass is 35.5. The van der Waals surface area contributed by atoms with Crippen LogP contribution in [-0.4, -0.2) is 15.2 Å². The van der Waals surface area contributed by atoms with E-state index in [-0.39, 0.29) is 6.04 Å². The molecule has 0 spiro atoms. The van der Waals surface area contributed by atoms with Crippen molar-refractivity contribution in [2.45, 2.75) is 6.04 Å². The molecule has 100 valence electrons. The lowest BCUT2D eigenvalue weighted by molar-refractivity contribution is 0.787. The van der Waals surface area contributed by atoms with Crippen LogP contribution >= 0.6 is 11.6 Å². The molecule has 1 aromatic heterocycles. The number of aromatic amines is 1. The third-order valence-corrected chi connectivity index (χ3v) is 3.40. The smallest absolute Gasteiger partial charge is 0.182 e. The van der Waals surface area contributed by atoms with Gasteiger partial charge < -0.3 is 5.73 Å². The normalized spacial score (nSPS) is 12.3. The van der Waals surface area contributed by atoms with Crippen LogP contribution in [0.4, 0.5) is 0 Å². The zero-order chi connectivity index (χ0) is 13.9. The molecule has 3 N–H and O–H groups in total. The number of halogens is 1. The fourth-order valence-electron chi connectivity index (χ4n) is 1.99. The molecule has 20 heavy (non-hydrogen) atoms. The summed E-state index contributed by atoms with van der Waals surface area (Å²) in [4.78, 5) is 4.44. The maximum absolute atomic E-state index is 6.18. The van der Waals surface area contributed by atoms with E-state index in [4.69, 9.17) is 17.3 Å². The van der Waals surface area contributed by atoms with Crippen LogP contribution in [0.15, 0.2) is 54.6 Å². The molecule has 3 rings (SSSR count). The van der Waals surface area contributed by atoms with Crippen molar-refractivity contribution in [1.29, 1.82) is 0 Å². The first kappa shape index (κ1) is 12.8. The van der Waals surface area contributed by atoms with E-state index in [2.05, 4.69) is 15.2 Å². The Morgan fingerprint density at radius 2 is 1.70 bits per heavy atom. The highest BCUT2D eigenvalue weighted by Crippen LogP contribution is 2.25. The van der Waals surface area contributed by atoms with Gasteiger partial charge in [-0.15, -0.1) is 0 Å². The number of nitrogens with zero attached hydrogens (tertiary/aromatic N) is 2. The number of hydrogen-bond donors (Lipinski definition) is 2. The molecule has 3 aromatic rings. The quantitative estimate of drug-likeness (QED) is 0.776. The van der Waals surface area contributed by atoms with Gasteiger partial charge >= 0.3 is 0 Å². The minimum atomic E-state index is -0.333. The van der Waals surface area contributed by atoms with Crippen molar-refractivity contribution >= 4 is 11.6 Å². The first-order valence-corrected chi connectivity index (χ1v) is 6.61. The lowest BCUT2D eigenvalue weighted by atomic mass is 10.1. The minimum absolute atomic E-state index is 0.333. The van der Waals surface area contributed by atoms with Gasteiger partial charge in [0, 0.05) is 5.56 Å². The average molecular weight is 285 g/mol. The summed E-state index contributed by atoms with van der Waals surface area (Å²) in [6.45, 7) is 0. The Bertz CT molecular complexity index is 709. The van der Waals surface area contributed by atoms with E-state index in [1.807, 2.05) is 54.6 Å². The second kappa shape index (κ2) is 5.45. The third kappa shape index (κ3) is 2.43. The van der Waals surface area contributed by atoms with Gasteiger partial charge in [-0.3, -0.25) is 5.10 Å². The van der Waals surface area contributed by atoms with Gasteiger partial charge in [-0.2, -0.15) is 5.10 Å². The number of benzene rings is 2. The van der Waals surface area contributed by atoms with Crippen LogP contribution in [0, 0.1) is 0 Å². The molecule has 0 fully saturated rings. The molecule has 1 unspecified atom stereocenters. The SMILES string of the molecule is NC(c1ccccc1)c1nc(-c2ccccc2Cl)n[nH]1. The predicted octanol–water partition coefficient (Wildman–Crippen LogP) is 3.17. The maximum Gasteiger partial charge on any atom is 0.182 e. The van der Waals surface area contributed by atoms with Gasteiger partial charge in [-0.1, -0.05) is 54.1 Å². The molecule has 2 aromatic carbocycles. The van der Waals surface area contributed by atoms with Crippen molar-refractivity contribution in [3.8, 4) is 11.4 Å². The number of nitrogens with two attached hydrogens (primary N) is 1. The number of rotatable bonds is 3. The summed E-state index contributed by atoms with van der Waals surface area (Å²) >= 11 is 6.14. The average Bonchev–Trinajstić information content (AvgIpc) is 2.97. The van der Waals surface area contributed by atoms with Gasteiger partial charge in [0.1, 0.15) is 5.82 Å². The molecule has 4 nitrogen and oxygen atoms in total. The number of hydrogen-bond acceptors (Lipinski definition) is 3. The fourth-order valence-corrected chi connectivity index (χ4v) is 2.21. The van der Waals surface area contributed by atoms with E-state index >= 15 is 0 Å². The summed E-state index contributed by atoms with van der Waals surface area (Å²) in [5.74, 6) is 1.17. The minimum Gasteiger partial charge on any atom is -0.318 e. The molecule has 0 radical (unpaired) electrons. The molecule has 5 heteroatoms. The van der Waals surface area contributed by atoms with Crippen molar-refractivity contribution < 1.29 is 0 Å². The van der Waals surface area contributed by atoms with Crippen LogP contribution in [0.2, 0.25) is 5.02 Å². The van der Waals surface area contributed by atoms with Crippen molar-refractivity contribution in [2.75, 3.05) is 0 Å². The highest BCUT2D eigenvalue weighted by Gasteiger charge is 2.15. The number of nitrogens with one attached hydrogen (secondary N) is 1. The molecular weight excluding hydrogens is 272 g/mol. The molecule has 0 aliphatic rings. The molecule has 1 atom stereocenters. The van der Waals surface area contributed by atoms with Gasteiger partial charge in [0.05, 0.1) is 11.1 Å². The summed E-state index contributed by atoms with van der Waals surface area (Å²) in [5, 5.41) is 7.70. The van der Waals surface area contributed by atoms with E-state index in [1.165, 1.54) is 0 Å². The number of H-pyrrole nitrogens is 1. The zero-order valence-electron chi connectivity index (χ0n) is 10.6. The predicted molar refractivity (Wildman–Crippen MR) is 79.3 cm³/mol. The van der Waals surface area contributed by atoms with Crippen molar-refractivity contribution in [1.82, 2.24) is 15.2 Å². The monoisotopic (exact) mass is 284 g/mol. The second-order valence-corrected chi connectivity index (χ2v) is 4.82. The summed E-state index contributed by atoms with van der Waals surface area (Å²) in [6, 6.07) is 16.9. The van der Waals surface area contributed by atoms with Crippen molar-refractivity contribution in [3.63, 3.8) is 0 Å². The first-order chi connectivity index (χ1) is 9.75. The summed E-state index contributed by atoms with van der Waals surface area (Å²) < 4.78 is 0. The Morgan fingerprint density at radius 3 is 2.45 bits per heavy atom. The van der Waals surface area contributed by atoms with E-state index < -0.39 is 0 Å². The topological polar surface area (TPSA) is 67.6 Å². The van der Waals surface area contributed by atoms with Gasteiger partial charge in [-0.25, -0.2) is 4.98 Å². The third-order valence-electron chi connectivity index (χ3n) is 3.07. The van der Waals surface area contributed by atoms with E-state index in [9.17, 15) is 0 Å². The lowest BCUT2D eigenvalue weighted by Gasteiger charge is -2.07. The van der Waals surface area contributed by atoms with Crippen LogP contribution in [0.5, 0.6) is 0 Å². The largest absolute Gasteiger partial charge is 0.318 e. The zero-order valence-corrected chi connectivity index (χ0v) is 11.4. The number of aromatic nitrogens is 3. The van der Waals surface area contributed by atoms with Gasteiger partial charge in [0.15, 0.2) is 5.82 Å². The van der Waals surface area contributed by atoms with Crippen LogP contribution in [0.25, 0.3) is 11.4 Å². The van der Waals surface area contributed by atoms with Gasteiger partial charge in [-0.05, 0) is 17.7 Å². The van der Waals surface area contributed by atoms with Crippen LogP contribution in [0.1, 0.15) is 17.4 Å². The Morgan fingerprint density at radius 1 is 1.00 bits per heavy atom. The summed E-state index contributed by atoms with van der Waals surface area (Å²) in [7, 11) is 0. The van der Waals surface area contributed by atoms with Gasteiger partial charge in [0.2, 0.25) is 0 Å². The van der Waals surface area contributed by atoms with Gasteiger partial charge in [0.25, 0.3) is 0 Å². The Hall–Kier alpha value is -2.17. The van der Waals surface area contributed by atoms with Crippen molar-refractivity contribution in [3.05, 3.63) is 71.0 Å². The van der Waals surface area contributed by atoms with Crippen molar-refractivity contribution in [2.24, 2.45) is 5.73 Å². The molecule has 0 aliphatic heterocycles. The van der Waals surface area contributed by atoms with E-state index in [0.29, 0.717) is 16.7 Å². The maximum atomic E-state index is 6.18. The molecule has 0 saturated carbocycles. The molecule has 0 saturated heterocycles. The summed E-state index contributed by atoms with van der Waals surface area (Å²) in [5.41, 5.74) is 7.95. The van der Waals surface area contributed by atoms with E-state index in [1.54, 1.807) is 0 Å². The fraction of sp³-hybridized carbons (Fsp3) is 0.0667. The summed E-state index contributed by atoms with van der Waals surface area (Å²) in [6.07, 6.45) is 0. The molecule has 1 heterocycles. The highest BCUT2D eigenvalue weighted by molar-refractivity contribution is 6.33. The standard InChI is InChI=1S/C15H13ClN4/c16-12-9-5-4-8-11(12)14-18-15(20-19-14)13(17)10-6-2-1-3-7-10/h1-9,13H,17H2,(H,18,19,20). The molecule has 0 aliphatic carbocycles. The molecular formula is C15H13ClN4. The van der Waals surface area contributed by atoms with Crippen LogP contribution < -0.4 is 5.73 Å². The Kier molecular flexibility index (Phi) is 3.50. The second-order valence-electron chi connectivity index (χ2n) is 4.41.